The molecule has 8 nitrogen and oxygen atoms in total. The number of nitrogens with zero attached hydrogens (tertiary/aromatic N) is 2. The van der Waals surface area contributed by atoms with Crippen molar-refractivity contribution >= 4 is 17.8 Å². The molecule has 1 unspecified atom stereocenters. The molecule has 188 valence electrons. The zero-order valence-corrected chi connectivity index (χ0v) is 20.7. The molecule has 0 radical (unpaired) electrons. The number of likely N-dealkylation sites (tertiary alicyclic amines) is 1. The summed E-state index contributed by atoms with van der Waals surface area (Å²) in [7, 11) is 0. The molecule has 2 saturated heterocycles. The van der Waals surface area contributed by atoms with E-state index in [2.05, 4.69) is 6.92 Å². The smallest absolute Gasteiger partial charge is 0.313 e. The van der Waals surface area contributed by atoms with Crippen molar-refractivity contribution in [2.24, 2.45) is 17.8 Å². The van der Waals surface area contributed by atoms with Crippen LogP contribution in [0, 0.1) is 17.8 Å². The fraction of sp³-hybridized carbons (Fsp3) is 0.731. The molecule has 4 aliphatic rings. The standard InChI is InChI=1S/C26H38N2O6/c1-5-6-8-13-27-14-10-12-26-19(20-24(32)33-15-9-7-11-25(20,4)34-26)22(30)28(21(26)23(27)31)18(16-29)17(2)3/h7,10-12,17-21,29H,5-6,8-9,13-16H2,1-4H3/t18-,19-,20+,21?,25-,26-/m0/s1. The van der Waals surface area contributed by atoms with E-state index in [1.54, 1.807) is 11.8 Å². The Bertz CT molecular complexity index is 885. The van der Waals surface area contributed by atoms with Crippen LogP contribution in [-0.4, -0.2) is 82.3 Å². The number of aliphatic hydroxyl groups excluding tert-OH is 1. The van der Waals surface area contributed by atoms with E-state index < -0.39 is 41.1 Å². The second kappa shape index (κ2) is 9.46. The summed E-state index contributed by atoms with van der Waals surface area (Å²) in [6.07, 6.45) is 11.0. The van der Waals surface area contributed by atoms with E-state index in [9.17, 15) is 19.5 Å². The number of ether oxygens (including phenoxy) is 2. The quantitative estimate of drug-likeness (QED) is 0.345. The van der Waals surface area contributed by atoms with Gasteiger partial charge < -0.3 is 24.4 Å². The Morgan fingerprint density at radius 2 is 1.88 bits per heavy atom. The number of aliphatic hydroxyl groups is 1. The number of cyclic esters (lactones) is 1. The SMILES string of the molecule is CCCCCN1CC=C[C@]23O[C@@]4(C)C=CCCOC(=O)[C@H]4[C@H]2C(=O)N([C@@H](CO)C(C)C)C3C1=O. The Hall–Kier alpha value is -2.19. The highest BCUT2D eigenvalue weighted by atomic mass is 16.6. The van der Waals surface area contributed by atoms with Crippen molar-refractivity contribution in [3.05, 3.63) is 24.3 Å². The van der Waals surface area contributed by atoms with Gasteiger partial charge >= 0.3 is 5.97 Å². The minimum Gasteiger partial charge on any atom is -0.465 e. The molecule has 0 bridgehead atoms. The molecular formula is C26H38N2O6. The van der Waals surface area contributed by atoms with Gasteiger partial charge in [-0.3, -0.25) is 14.4 Å². The van der Waals surface area contributed by atoms with Crippen molar-refractivity contribution in [3.8, 4) is 0 Å². The number of hydrogen-bond acceptors (Lipinski definition) is 6. The number of carbonyl (C=O) groups is 3. The van der Waals surface area contributed by atoms with Gasteiger partial charge in [0.15, 0.2) is 0 Å². The number of rotatable bonds is 7. The maximum absolute atomic E-state index is 14.1. The highest BCUT2D eigenvalue weighted by Gasteiger charge is 2.75. The van der Waals surface area contributed by atoms with E-state index >= 15 is 0 Å². The largest absolute Gasteiger partial charge is 0.465 e. The lowest BCUT2D eigenvalue weighted by molar-refractivity contribution is -0.162. The highest BCUT2D eigenvalue weighted by Crippen LogP contribution is 2.57. The molecule has 2 fully saturated rings. The van der Waals surface area contributed by atoms with E-state index in [4.69, 9.17) is 9.47 Å². The van der Waals surface area contributed by atoms with Gasteiger partial charge in [0.25, 0.3) is 0 Å². The number of amides is 2. The van der Waals surface area contributed by atoms with Crippen molar-refractivity contribution in [1.29, 1.82) is 0 Å². The van der Waals surface area contributed by atoms with E-state index in [1.165, 1.54) is 4.90 Å². The summed E-state index contributed by atoms with van der Waals surface area (Å²) in [4.78, 5) is 44.7. The molecule has 4 aliphatic heterocycles. The van der Waals surface area contributed by atoms with Crippen LogP contribution in [0.1, 0.15) is 53.4 Å². The maximum Gasteiger partial charge on any atom is 0.313 e. The molecule has 0 aromatic rings. The van der Waals surface area contributed by atoms with Gasteiger partial charge in [-0.25, -0.2) is 0 Å². The first-order chi connectivity index (χ1) is 16.2. The molecule has 34 heavy (non-hydrogen) atoms. The number of carbonyl (C=O) groups excluding carboxylic acids is 3. The summed E-state index contributed by atoms with van der Waals surface area (Å²) in [5.41, 5.74) is -2.38. The van der Waals surface area contributed by atoms with E-state index in [0.717, 1.165) is 19.3 Å². The van der Waals surface area contributed by atoms with E-state index in [0.29, 0.717) is 19.5 Å². The molecular weight excluding hydrogens is 436 g/mol. The van der Waals surface area contributed by atoms with Gasteiger partial charge in [-0.2, -0.15) is 0 Å². The fourth-order valence-corrected chi connectivity index (χ4v) is 6.21. The maximum atomic E-state index is 14.1. The number of fused-ring (bicyclic) bond motifs is 2. The summed E-state index contributed by atoms with van der Waals surface area (Å²) >= 11 is 0. The zero-order chi connectivity index (χ0) is 24.7. The molecule has 0 aromatic heterocycles. The minimum absolute atomic E-state index is 0.0889. The average Bonchev–Trinajstić information content (AvgIpc) is 3.10. The topological polar surface area (TPSA) is 96.4 Å². The highest BCUT2D eigenvalue weighted by molar-refractivity contribution is 5.99. The Balaban J connectivity index is 1.84. The van der Waals surface area contributed by atoms with Crippen LogP contribution >= 0.6 is 0 Å². The van der Waals surface area contributed by atoms with Gasteiger partial charge in [0, 0.05) is 13.1 Å². The normalized spacial score (nSPS) is 36.1. The summed E-state index contributed by atoms with van der Waals surface area (Å²) in [6, 6.07) is -1.51. The van der Waals surface area contributed by atoms with Crippen LogP contribution in [0.2, 0.25) is 0 Å². The van der Waals surface area contributed by atoms with Gasteiger partial charge in [0.05, 0.1) is 30.8 Å². The lowest BCUT2D eigenvalue weighted by atomic mass is 9.74. The third-order valence-electron chi connectivity index (χ3n) is 7.89. The zero-order valence-electron chi connectivity index (χ0n) is 20.7. The van der Waals surface area contributed by atoms with Crippen molar-refractivity contribution in [2.45, 2.75) is 76.7 Å². The molecule has 2 amide bonds. The molecule has 1 N–H and O–H groups in total. The van der Waals surface area contributed by atoms with Gasteiger partial charge in [-0.05, 0) is 25.7 Å². The predicted molar refractivity (Wildman–Crippen MR) is 126 cm³/mol. The minimum atomic E-state index is -1.30. The lowest BCUT2D eigenvalue weighted by Gasteiger charge is -2.41. The molecule has 8 heteroatoms. The molecule has 0 saturated carbocycles. The molecule has 4 heterocycles. The molecule has 1 spiro atoms. The Kier molecular flexibility index (Phi) is 6.93. The van der Waals surface area contributed by atoms with Crippen LogP contribution in [0.4, 0.5) is 0 Å². The number of hydrogen-bond donors (Lipinski definition) is 1. The third-order valence-corrected chi connectivity index (χ3v) is 7.89. The van der Waals surface area contributed by atoms with Crippen LogP contribution < -0.4 is 0 Å². The first-order valence-electron chi connectivity index (χ1n) is 12.7. The van der Waals surface area contributed by atoms with Gasteiger partial charge in [-0.15, -0.1) is 0 Å². The Morgan fingerprint density at radius 1 is 1.12 bits per heavy atom. The Labute approximate surface area is 201 Å². The molecule has 0 aliphatic carbocycles. The number of esters is 1. The average molecular weight is 475 g/mol. The van der Waals surface area contributed by atoms with Gasteiger partial charge in [0.1, 0.15) is 17.6 Å². The predicted octanol–water partition coefficient (Wildman–Crippen LogP) is 2.07. The monoisotopic (exact) mass is 474 g/mol. The molecule has 4 rings (SSSR count). The van der Waals surface area contributed by atoms with Gasteiger partial charge in [0.2, 0.25) is 11.8 Å². The van der Waals surface area contributed by atoms with Crippen LogP contribution in [0.15, 0.2) is 24.3 Å². The van der Waals surface area contributed by atoms with E-state index in [1.807, 2.05) is 38.2 Å². The Morgan fingerprint density at radius 3 is 2.56 bits per heavy atom. The second-order valence-corrected chi connectivity index (χ2v) is 10.5. The summed E-state index contributed by atoms with van der Waals surface area (Å²) in [6.45, 7) is 8.73. The van der Waals surface area contributed by atoms with Crippen LogP contribution in [0.25, 0.3) is 0 Å². The summed E-state index contributed by atoms with van der Waals surface area (Å²) in [5, 5.41) is 10.3. The first-order valence-corrected chi connectivity index (χ1v) is 12.7. The molecule has 6 atom stereocenters. The molecule has 0 aromatic carbocycles. The van der Waals surface area contributed by atoms with Crippen molar-refractivity contribution in [2.75, 3.05) is 26.3 Å². The van der Waals surface area contributed by atoms with Crippen LogP contribution in [0.5, 0.6) is 0 Å². The lowest BCUT2D eigenvalue weighted by Crippen LogP contribution is -2.59. The fourth-order valence-electron chi connectivity index (χ4n) is 6.21. The van der Waals surface area contributed by atoms with Crippen molar-refractivity contribution < 1.29 is 29.0 Å². The third kappa shape index (κ3) is 3.79. The first kappa shape index (κ1) is 24.9. The van der Waals surface area contributed by atoms with Crippen molar-refractivity contribution in [1.82, 2.24) is 9.80 Å². The second-order valence-electron chi connectivity index (χ2n) is 10.5. The van der Waals surface area contributed by atoms with Gasteiger partial charge in [-0.1, -0.05) is 57.9 Å². The summed E-state index contributed by atoms with van der Waals surface area (Å²) in [5.74, 6) is -2.86. The van der Waals surface area contributed by atoms with Crippen LogP contribution in [0.3, 0.4) is 0 Å². The van der Waals surface area contributed by atoms with Crippen molar-refractivity contribution in [3.63, 3.8) is 0 Å². The summed E-state index contributed by atoms with van der Waals surface area (Å²) < 4.78 is 12.2. The van der Waals surface area contributed by atoms with Crippen LogP contribution in [-0.2, 0) is 23.9 Å². The van der Waals surface area contributed by atoms with E-state index in [-0.39, 0.29) is 30.9 Å². The number of unbranched alkanes of at least 4 members (excludes halogenated alkanes) is 2.